The van der Waals surface area contributed by atoms with Crippen molar-refractivity contribution in [2.45, 2.75) is 42.4 Å². The molecule has 4 rings (SSSR count). The molecule has 1 aliphatic heterocycles. The molecule has 0 saturated carbocycles. The van der Waals surface area contributed by atoms with E-state index in [2.05, 4.69) is 15.0 Å². The summed E-state index contributed by atoms with van der Waals surface area (Å²) in [4.78, 5) is 17.5. The van der Waals surface area contributed by atoms with Gasteiger partial charge in [-0.1, -0.05) is 11.6 Å². The number of benzene rings is 1. The van der Waals surface area contributed by atoms with Crippen molar-refractivity contribution in [3.05, 3.63) is 51.1 Å². The van der Waals surface area contributed by atoms with Crippen molar-refractivity contribution in [2.75, 3.05) is 6.54 Å². The van der Waals surface area contributed by atoms with Gasteiger partial charge in [0.05, 0.1) is 16.6 Å². The third-order valence-corrected chi connectivity index (χ3v) is 10.1. The van der Waals surface area contributed by atoms with E-state index in [9.17, 15) is 26.4 Å². The number of carbonyl (C=O) groups is 1. The van der Waals surface area contributed by atoms with Gasteiger partial charge in [-0.3, -0.25) is 4.79 Å². The molecule has 3 heterocycles. The Bertz CT molecular complexity index is 1330. The van der Waals surface area contributed by atoms with Crippen LogP contribution in [0.3, 0.4) is 0 Å². The molecule has 1 aromatic carbocycles. The van der Waals surface area contributed by atoms with Crippen molar-refractivity contribution < 1.29 is 31.1 Å². The van der Waals surface area contributed by atoms with Gasteiger partial charge in [-0.2, -0.15) is 4.31 Å². The monoisotopic (exact) mass is 565 g/mol. The van der Waals surface area contributed by atoms with Crippen LogP contribution in [0.2, 0.25) is 4.34 Å². The smallest absolute Gasteiger partial charge is 0.406 e. The van der Waals surface area contributed by atoms with Gasteiger partial charge in [-0.25, -0.2) is 13.4 Å². The molecule has 7 nitrogen and oxygen atoms in total. The lowest BCUT2D eigenvalue weighted by Crippen LogP contribution is -2.55. The van der Waals surface area contributed by atoms with Gasteiger partial charge in [0.15, 0.2) is 0 Å². The van der Waals surface area contributed by atoms with Crippen molar-refractivity contribution in [3.8, 4) is 17.0 Å². The number of hydrogen-bond donors (Lipinski definition) is 1. The molecule has 1 fully saturated rings. The van der Waals surface area contributed by atoms with E-state index in [-0.39, 0.29) is 23.0 Å². The molecule has 0 radical (unpaired) electrons. The molecule has 35 heavy (non-hydrogen) atoms. The number of sulfonamides is 1. The molecule has 1 aliphatic rings. The summed E-state index contributed by atoms with van der Waals surface area (Å²) >= 11 is 8.11. The SMILES string of the molecule is C[C@@]1(C(=O)NCc2nc(-c3ccc(OC(F)(F)F)cc3)cs2)CCCN1S(=O)(=O)c1ccc(Cl)s1. The number of thiazole rings is 1. The number of hydrogen-bond acceptors (Lipinski definition) is 7. The average Bonchev–Trinajstić information content (AvgIpc) is 3.52. The van der Waals surface area contributed by atoms with Crippen LogP contribution in [-0.4, -0.2) is 42.1 Å². The van der Waals surface area contributed by atoms with E-state index in [0.717, 1.165) is 11.3 Å². The Kier molecular flexibility index (Phi) is 7.17. The van der Waals surface area contributed by atoms with Gasteiger partial charge < -0.3 is 10.1 Å². The molecule has 1 saturated heterocycles. The molecule has 0 unspecified atom stereocenters. The van der Waals surface area contributed by atoms with Crippen LogP contribution in [0, 0.1) is 0 Å². The fourth-order valence-electron chi connectivity index (χ4n) is 3.79. The van der Waals surface area contributed by atoms with Crippen molar-refractivity contribution in [3.63, 3.8) is 0 Å². The number of aromatic nitrogens is 1. The fourth-order valence-corrected chi connectivity index (χ4v) is 7.94. The molecular weight excluding hydrogens is 547 g/mol. The number of ether oxygens (including phenoxy) is 1. The number of nitrogens with zero attached hydrogens (tertiary/aromatic N) is 2. The Morgan fingerprint density at radius 3 is 2.60 bits per heavy atom. The molecule has 2 aromatic heterocycles. The standard InChI is InChI=1S/C21H19ClF3N3O4S3/c1-20(9-2-10-28(20)35(30,31)18-8-7-16(22)34-18)19(29)26-11-17-27-15(12-33-17)13-3-5-14(6-4-13)32-21(23,24)25/h3-8,12H,2,9-11H2,1H3,(H,26,29)/t20-/m0/s1. The zero-order valence-corrected chi connectivity index (χ0v) is 21.3. The quantitative estimate of drug-likeness (QED) is 0.421. The zero-order chi connectivity index (χ0) is 25.4. The first-order chi connectivity index (χ1) is 16.4. The lowest BCUT2D eigenvalue weighted by molar-refractivity contribution is -0.274. The van der Waals surface area contributed by atoms with Crippen LogP contribution in [0.5, 0.6) is 5.75 Å². The maximum Gasteiger partial charge on any atom is 0.573 e. The van der Waals surface area contributed by atoms with Crippen molar-refractivity contribution in [1.29, 1.82) is 0 Å². The molecule has 0 spiro atoms. The molecular formula is C21H19ClF3N3O4S3. The van der Waals surface area contributed by atoms with Crippen LogP contribution in [0.25, 0.3) is 11.3 Å². The lowest BCUT2D eigenvalue weighted by Gasteiger charge is -2.32. The summed E-state index contributed by atoms with van der Waals surface area (Å²) in [6.45, 7) is 1.89. The number of alkyl halides is 3. The third-order valence-electron chi connectivity index (χ3n) is 5.49. The van der Waals surface area contributed by atoms with Crippen LogP contribution in [0.15, 0.2) is 46.0 Å². The predicted molar refractivity (Wildman–Crippen MR) is 127 cm³/mol. The van der Waals surface area contributed by atoms with E-state index >= 15 is 0 Å². The zero-order valence-electron chi connectivity index (χ0n) is 18.1. The summed E-state index contributed by atoms with van der Waals surface area (Å²) < 4.78 is 68.7. The average molecular weight is 566 g/mol. The van der Waals surface area contributed by atoms with Crippen LogP contribution in [0.1, 0.15) is 24.8 Å². The number of rotatable bonds is 7. The highest BCUT2D eigenvalue weighted by molar-refractivity contribution is 7.91. The second kappa shape index (κ2) is 9.69. The van der Waals surface area contributed by atoms with Gasteiger partial charge in [0, 0.05) is 17.5 Å². The molecule has 14 heteroatoms. The van der Waals surface area contributed by atoms with E-state index in [0.29, 0.717) is 33.4 Å². The second-order valence-electron chi connectivity index (χ2n) is 7.89. The molecule has 3 aromatic rings. The summed E-state index contributed by atoms with van der Waals surface area (Å²) in [5, 5.41) is 5.05. The van der Waals surface area contributed by atoms with Gasteiger partial charge in [0.1, 0.15) is 20.5 Å². The maximum absolute atomic E-state index is 13.1. The highest BCUT2D eigenvalue weighted by atomic mass is 35.5. The van der Waals surface area contributed by atoms with Crippen LogP contribution in [-0.2, 0) is 21.4 Å². The van der Waals surface area contributed by atoms with Crippen LogP contribution >= 0.6 is 34.3 Å². The summed E-state index contributed by atoms with van der Waals surface area (Å²) in [6, 6.07) is 8.23. The Morgan fingerprint density at radius 2 is 1.97 bits per heavy atom. The Balaban J connectivity index is 1.42. The molecule has 1 amide bonds. The number of amides is 1. The minimum atomic E-state index is -4.77. The molecule has 1 atom stereocenters. The van der Waals surface area contributed by atoms with Crippen molar-refractivity contribution >= 4 is 50.2 Å². The van der Waals surface area contributed by atoms with Gasteiger partial charge in [-0.05, 0) is 56.2 Å². The van der Waals surface area contributed by atoms with E-state index in [1.54, 1.807) is 12.3 Å². The van der Waals surface area contributed by atoms with Gasteiger partial charge in [0.2, 0.25) is 5.91 Å². The minimum absolute atomic E-state index is 0.0765. The maximum atomic E-state index is 13.1. The highest BCUT2D eigenvalue weighted by Crippen LogP contribution is 2.37. The summed E-state index contributed by atoms with van der Waals surface area (Å²) in [5.41, 5.74) is -0.143. The minimum Gasteiger partial charge on any atom is -0.406 e. The van der Waals surface area contributed by atoms with Gasteiger partial charge in [0.25, 0.3) is 10.0 Å². The van der Waals surface area contributed by atoms with Crippen LogP contribution in [0.4, 0.5) is 13.2 Å². The first-order valence-corrected chi connectivity index (χ1v) is 13.8. The third kappa shape index (κ3) is 5.64. The van der Waals surface area contributed by atoms with Gasteiger partial charge >= 0.3 is 6.36 Å². The predicted octanol–water partition coefficient (Wildman–Crippen LogP) is 5.28. The Labute approximate surface area is 212 Å². The van der Waals surface area contributed by atoms with E-state index < -0.39 is 27.8 Å². The van der Waals surface area contributed by atoms with E-state index in [4.69, 9.17) is 11.6 Å². The van der Waals surface area contributed by atoms with Crippen molar-refractivity contribution in [1.82, 2.24) is 14.6 Å². The van der Waals surface area contributed by atoms with Crippen molar-refractivity contribution in [2.24, 2.45) is 0 Å². The molecule has 1 N–H and O–H groups in total. The summed E-state index contributed by atoms with van der Waals surface area (Å²) in [7, 11) is -3.89. The Morgan fingerprint density at radius 1 is 1.26 bits per heavy atom. The fraction of sp³-hybridized carbons (Fsp3) is 0.333. The van der Waals surface area contributed by atoms with E-state index in [1.165, 1.54) is 52.0 Å². The molecule has 188 valence electrons. The number of thiophene rings is 1. The topological polar surface area (TPSA) is 88.6 Å². The first-order valence-electron chi connectivity index (χ1n) is 10.3. The number of halogens is 4. The number of carbonyl (C=O) groups excluding carboxylic acids is 1. The normalized spacial score (nSPS) is 19.1. The van der Waals surface area contributed by atoms with Crippen LogP contribution < -0.4 is 10.1 Å². The second-order valence-corrected chi connectivity index (χ2v) is 12.6. The summed E-state index contributed by atoms with van der Waals surface area (Å²) in [5.74, 6) is -0.773. The lowest BCUT2D eigenvalue weighted by atomic mass is 9.99. The molecule has 0 aliphatic carbocycles. The van der Waals surface area contributed by atoms with Gasteiger partial charge in [-0.15, -0.1) is 35.8 Å². The first kappa shape index (κ1) is 25.9. The largest absolute Gasteiger partial charge is 0.573 e. The molecule has 0 bridgehead atoms. The van der Waals surface area contributed by atoms with E-state index in [1.807, 2.05) is 0 Å². The Hall–Kier alpha value is -2.19. The summed E-state index contributed by atoms with van der Waals surface area (Å²) in [6.07, 6.45) is -3.86. The number of nitrogens with one attached hydrogen (secondary N) is 1. The highest BCUT2D eigenvalue weighted by Gasteiger charge is 2.49.